The van der Waals surface area contributed by atoms with Gasteiger partial charge in [-0.15, -0.1) is 0 Å². The number of carbonyl (C=O) groups excluding carboxylic acids is 2. The molecule has 0 saturated heterocycles. The van der Waals surface area contributed by atoms with Crippen molar-refractivity contribution in [3.05, 3.63) is 50.6 Å². The summed E-state index contributed by atoms with van der Waals surface area (Å²) in [5.41, 5.74) is 0.929. The number of nitrogens with zero attached hydrogens (tertiary/aromatic N) is 1. The molecule has 0 bridgehead atoms. The van der Waals surface area contributed by atoms with Crippen molar-refractivity contribution in [3.8, 4) is 0 Å². The molecule has 0 aliphatic carbocycles. The van der Waals surface area contributed by atoms with Crippen molar-refractivity contribution < 1.29 is 27.9 Å². The van der Waals surface area contributed by atoms with Crippen LogP contribution in [0.5, 0.6) is 0 Å². The van der Waals surface area contributed by atoms with Gasteiger partial charge >= 0.3 is 5.97 Å². The number of carbonyl (C=O) groups is 2. The molecular formula is C18H20Cl2N2O6S2. The Morgan fingerprint density at radius 3 is 2.53 bits per heavy atom. The lowest BCUT2D eigenvalue weighted by atomic mass is 10.2. The van der Waals surface area contributed by atoms with Crippen molar-refractivity contribution in [2.45, 2.75) is 30.5 Å². The van der Waals surface area contributed by atoms with E-state index < -0.39 is 40.7 Å². The van der Waals surface area contributed by atoms with Gasteiger partial charge in [0.1, 0.15) is 6.04 Å². The second kappa shape index (κ2) is 10.6. The van der Waals surface area contributed by atoms with Gasteiger partial charge in [0.15, 0.2) is 6.61 Å². The zero-order chi connectivity index (χ0) is 22.5. The number of hydrogen-bond acceptors (Lipinski definition) is 7. The summed E-state index contributed by atoms with van der Waals surface area (Å²) < 4.78 is 32.1. The standard InChI is InChI=1S/C18H20Cl2N2O6S2/c1-11(23)17(21-30(26,27)13-3-4-14(19)15(20)7-13)18(25)28-9-16(24)22(2)8-12-5-6-29-10-12/h3-7,10-11,17,21,23H,8-9H2,1-2H3/t11-,17-/m0/s1. The summed E-state index contributed by atoms with van der Waals surface area (Å²) >= 11 is 13.1. The summed E-state index contributed by atoms with van der Waals surface area (Å²) in [7, 11) is -2.68. The molecule has 30 heavy (non-hydrogen) atoms. The lowest BCUT2D eigenvalue weighted by Gasteiger charge is -2.21. The number of rotatable bonds is 9. The summed E-state index contributed by atoms with van der Waals surface area (Å²) in [6.07, 6.45) is -1.42. The van der Waals surface area contributed by atoms with Crippen LogP contribution in [-0.2, 0) is 30.9 Å². The first kappa shape index (κ1) is 24.6. The number of halogens is 2. The number of benzene rings is 1. The van der Waals surface area contributed by atoms with Crippen LogP contribution in [0, 0.1) is 0 Å². The quantitative estimate of drug-likeness (QED) is 0.517. The Hall–Kier alpha value is -1.69. The fraction of sp³-hybridized carbons (Fsp3) is 0.333. The van der Waals surface area contributed by atoms with E-state index in [0.29, 0.717) is 6.54 Å². The molecule has 2 rings (SSSR count). The average Bonchev–Trinajstić information content (AvgIpc) is 3.18. The first-order valence-electron chi connectivity index (χ1n) is 8.58. The molecule has 2 N–H and O–H groups in total. The summed E-state index contributed by atoms with van der Waals surface area (Å²) in [4.78, 5) is 25.6. The Balaban J connectivity index is 2.01. The summed E-state index contributed by atoms with van der Waals surface area (Å²) in [6.45, 7) is 0.953. The zero-order valence-electron chi connectivity index (χ0n) is 16.0. The molecule has 0 radical (unpaired) electrons. The maximum Gasteiger partial charge on any atom is 0.327 e. The molecule has 12 heteroatoms. The van der Waals surface area contributed by atoms with Crippen LogP contribution >= 0.6 is 34.5 Å². The van der Waals surface area contributed by atoms with Crippen LogP contribution in [0.15, 0.2) is 39.9 Å². The Labute approximate surface area is 188 Å². The molecule has 2 aromatic rings. The zero-order valence-corrected chi connectivity index (χ0v) is 19.2. The Morgan fingerprint density at radius 1 is 1.27 bits per heavy atom. The number of nitrogens with one attached hydrogen (secondary N) is 1. The minimum atomic E-state index is -4.23. The average molecular weight is 495 g/mol. The maximum absolute atomic E-state index is 12.5. The molecule has 2 atom stereocenters. The van der Waals surface area contributed by atoms with Crippen molar-refractivity contribution in [3.63, 3.8) is 0 Å². The van der Waals surface area contributed by atoms with E-state index in [1.165, 1.54) is 35.3 Å². The van der Waals surface area contributed by atoms with Crippen LogP contribution < -0.4 is 4.72 Å². The van der Waals surface area contributed by atoms with Gasteiger partial charge in [0.2, 0.25) is 10.0 Å². The van der Waals surface area contributed by atoms with E-state index in [4.69, 9.17) is 27.9 Å². The number of ether oxygens (including phenoxy) is 1. The van der Waals surface area contributed by atoms with Crippen LogP contribution in [0.2, 0.25) is 10.0 Å². The number of aliphatic hydroxyl groups excluding tert-OH is 1. The van der Waals surface area contributed by atoms with Crippen molar-refractivity contribution in [1.82, 2.24) is 9.62 Å². The van der Waals surface area contributed by atoms with Gasteiger partial charge in [-0.05, 0) is 47.5 Å². The van der Waals surface area contributed by atoms with Gasteiger partial charge in [0.05, 0.1) is 21.0 Å². The lowest BCUT2D eigenvalue weighted by Crippen LogP contribution is -2.49. The van der Waals surface area contributed by atoms with E-state index >= 15 is 0 Å². The normalized spacial score (nSPS) is 13.5. The third-order valence-electron chi connectivity index (χ3n) is 3.98. The highest BCUT2D eigenvalue weighted by molar-refractivity contribution is 7.89. The van der Waals surface area contributed by atoms with Crippen molar-refractivity contribution in [2.75, 3.05) is 13.7 Å². The fourth-order valence-corrected chi connectivity index (χ4v) is 4.61. The lowest BCUT2D eigenvalue weighted by molar-refractivity contribution is -0.155. The minimum absolute atomic E-state index is 0.00923. The second-order valence-corrected chi connectivity index (χ2v) is 9.71. The van der Waals surface area contributed by atoms with E-state index in [9.17, 15) is 23.1 Å². The number of likely N-dealkylation sites (N-methyl/N-ethyl adjacent to an activating group) is 1. The predicted molar refractivity (Wildman–Crippen MR) is 114 cm³/mol. The van der Waals surface area contributed by atoms with E-state index in [-0.39, 0.29) is 14.9 Å². The topological polar surface area (TPSA) is 113 Å². The van der Waals surface area contributed by atoms with Crippen LogP contribution in [0.3, 0.4) is 0 Å². The molecule has 0 aliphatic rings. The van der Waals surface area contributed by atoms with E-state index in [0.717, 1.165) is 11.6 Å². The summed E-state index contributed by atoms with van der Waals surface area (Å²) in [5.74, 6) is -1.57. The van der Waals surface area contributed by atoms with Crippen LogP contribution in [-0.4, -0.2) is 56.1 Å². The predicted octanol–water partition coefficient (Wildman–Crippen LogP) is 2.28. The summed E-state index contributed by atoms with van der Waals surface area (Å²) in [5, 5.41) is 13.8. The molecular weight excluding hydrogens is 475 g/mol. The Kier molecular flexibility index (Phi) is 8.65. The third-order valence-corrected chi connectivity index (χ3v) is 6.89. The van der Waals surface area contributed by atoms with Crippen molar-refractivity contribution >= 4 is 56.4 Å². The molecule has 1 heterocycles. The number of amides is 1. The smallest absolute Gasteiger partial charge is 0.327 e. The number of hydrogen-bond donors (Lipinski definition) is 2. The number of aliphatic hydroxyl groups is 1. The van der Waals surface area contributed by atoms with Gasteiger partial charge in [0.25, 0.3) is 5.91 Å². The number of thiophene rings is 1. The van der Waals surface area contributed by atoms with Crippen molar-refractivity contribution in [1.29, 1.82) is 0 Å². The minimum Gasteiger partial charge on any atom is -0.454 e. The fourth-order valence-electron chi connectivity index (χ4n) is 2.30. The molecule has 1 amide bonds. The number of esters is 1. The monoisotopic (exact) mass is 494 g/mol. The van der Waals surface area contributed by atoms with Crippen molar-refractivity contribution in [2.24, 2.45) is 0 Å². The van der Waals surface area contributed by atoms with Gasteiger partial charge in [-0.2, -0.15) is 16.1 Å². The largest absolute Gasteiger partial charge is 0.454 e. The van der Waals surface area contributed by atoms with E-state index in [1.54, 1.807) is 7.05 Å². The number of sulfonamides is 1. The van der Waals surface area contributed by atoms with Crippen LogP contribution in [0.25, 0.3) is 0 Å². The van der Waals surface area contributed by atoms with Crippen LogP contribution in [0.1, 0.15) is 12.5 Å². The maximum atomic E-state index is 12.5. The molecule has 164 valence electrons. The van der Waals surface area contributed by atoms with Gasteiger partial charge < -0.3 is 14.7 Å². The molecule has 8 nitrogen and oxygen atoms in total. The van der Waals surface area contributed by atoms with Gasteiger partial charge in [-0.3, -0.25) is 9.59 Å². The first-order chi connectivity index (χ1) is 14.0. The molecule has 0 aliphatic heterocycles. The van der Waals surface area contributed by atoms with Crippen LogP contribution in [0.4, 0.5) is 0 Å². The third kappa shape index (κ3) is 6.66. The second-order valence-electron chi connectivity index (χ2n) is 6.40. The Morgan fingerprint density at radius 2 is 1.97 bits per heavy atom. The Bertz CT molecular complexity index is 996. The highest BCUT2D eigenvalue weighted by Crippen LogP contribution is 2.25. The van der Waals surface area contributed by atoms with E-state index in [2.05, 4.69) is 4.72 Å². The molecule has 0 unspecified atom stereocenters. The van der Waals surface area contributed by atoms with E-state index in [1.807, 2.05) is 16.8 Å². The molecule has 0 saturated carbocycles. The molecule has 1 aromatic carbocycles. The van der Waals surface area contributed by atoms with Gasteiger partial charge in [0, 0.05) is 13.6 Å². The van der Waals surface area contributed by atoms with Gasteiger partial charge in [-0.1, -0.05) is 23.2 Å². The SMILES string of the molecule is C[C@H](O)[C@H](NS(=O)(=O)c1ccc(Cl)c(Cl)c1)C(=O)OCC(=O)N(C)Cc1ccsc1. The summed E-state index contributed by atoms with van der Waals surface area (Å²) in [6, 6.07) is 3.83. The molecule has 1 aromatic heterocycles. The highest BCUT2D eigenvalue weighted by Gasteiger charge is 2.31. The molecule has 0 fully saturated rings. The first-order valence-corrected chi connectivity index (χ1v) is 11.8. The highest BCUT2D eigenvalue weighted by atomic mass is 35.5. The molecule has 0 spiro atoms. The van der Waals surface area contributed by atoms with Gasteiger partial charge in [-0.25, -0.2) is 8.42 Å².